The van der Waals surface area contributed by atoms with E-state index in [0.29, 0.717) is 0 Å². The van der Waals surface area contributed by atoms with E-state index in [2.05, 4.69) is 13.8 Å². The largest absolute Gasteiger partial charge is 0.344 e. The minimum Gasteiger partial charge on any atom is -0.344 e. The lowest BCUT2D eigenvalue weighted by Crippen LogP contribution is -1.84. The highest BCUT2D eigenvalue weighted by atomic mass is 14.0. The van der Waals surface area contributed by atoms with Crippen LogP contribution in [0.5, 0.6) is 0 Å². The Morgan fingerprint density at radius 2 is 0.290 bits per heavy atom. The molecule has 0 aliphatic heterocycles. The van der Waals surface area contributed by atoms with Crippen LogP contribution in [0.1, 0.15) is 194 Å². The smallest absolute Gasteiger partial charge is 0.0533 e. The van der Waals surface area contributed by atoms with E-state index in [1.807, 2.05) is 0 Å². The molecule has 0 amide bonds. The van der Waals surface area contributed by atoms with E-state index in [1.54, 1.807) is 0 Å². The van der Waals surface area contributed by atoms with Crippen molar-refractivity contribution in [3.8, 4) is 0 Å². The molecule has 0 aliphatic carbocycles. The van der Waals surface area contributed by atoms with Gasteiger partial charge in [-0.3, -0.25) is 0 Å². The van der Waals surface area contributed by atoms with Crippen molar-refractivity contribution in [2.45, 2.75) is 194 Å². The summed E-state index contributed by atoms with van der Waals surface area (Å²) in [6.45, 7) is 4.61. The molecule has 1 heteroatoms. The van der Waals surface area contributed by atoms with Crippen LogP contribution in [0.3, 0.4) is 0 Å². The molecular formula is C30H65N. The fourth-order valence-electron chi connectivity index (χ4n) is 4.74. The second-order valence-corrected chi connectivity index (χ2v) is 10.2. The molecule has 3 N–H and O–H groups in total. The van der Waals surface area contributed by atoms with E-state index >= 15 is 0 Å². The summed E-state index contributed by atoms with van der Waals surface area (Å²) in [5.74, 6) is 0. The third-order valence-electron chi connectivity index (χ3n) is 6.96. The Labute approximate surface area is 199 Å². The predicted molar refractivity (Wildman–Crippen MR) is 146 cm³/mol. The summed E-state index contributed by atoms with van der Waals surface area (Å²) in [4.78, 5) is 0. The molecular weight excluding hydrogens is 374 g/mol. The van der Waals surface area contributed by atoms with E-state index in [1.165, 1.54) is 180 Å². The van der Waals surface area contributed by atoms with Gasteiger partial charge in [0, 0.05) is 0 Å². The van der Waals surface area contributed by atoms with E-state index in [0.717, 1.165) is 0 Å². The van der Waals surface area contributed by atoms with Crippen LogP contribution in [0.25, 0.3) is 0 Å². The number of unbranched alkanes of at least 4 members (excludes halogenated alkanes) is 27. The molecule has 190 valence electrons. The van der Waals surface area contributed by atoms with Gasteiger partial charge in [0.05, 0.1) is 0 Å². The SMILES string of the molecule is CCCCCCCCCCCCCCCCCCCCCCCCCCCCCC.N. The summed E-state index contributed by atoms with van der Waals surface area (Å²) < 4.78 is 0. The van der Waals surface area contributed by atoms with E-state index in [9.17, 15) is 0 Å². The van der Waals surface area contributed by atoms with Crippen molar-refractivity contribution in [3.05, 3.63) is 0 Å². The van der Waals surface area contributed by atoms with Gasteiger partial charge in [-0.25, -0.2) is 0 Å². The summed E-state index contributed by atoms with van der Waals surface area (Å²) in [7, 11) is 0. The molecule has 0 fully saturated rings. The molecule has 31 heavy (non-hydrogen) atoms. The third kappa shape index (κ3) is 32.2. The summed E-state index contributed by atoms with van der Waals surface area (Å²) in [6, 6.07) is 0. The Morgan fingerprint density at radius 1 is 0.194 bits per heavy atom. The highest BCUT2D eigenvalue weighted by molar-refractivity contribution is 4.52. The first kappa shape index (κ1) is 33.1. The van der Waals surface area contributed by atoms with Crippen LogP contribution in [0.2, 0.25) is 0 Å². The van der Waals surface area contributed by atoms with Crippen LogP contribution in [0, 0.1) is 0 Å². The second kappa shape index (κ2) is 32.1. The van der Waals surface area contributed by atoms with Gasteiger partial charge in [0.15, 0.2) is 0 Å². The van der Waals surface area contributed by atoms with Gasteiger partial charge in [-0.15, -0.1) is 0 Å². The Balaban J connectivity index is 0. The summed E-state index contributed by atoms with van der Waals surface area (Å²) >= 11 is 0. The average molecular weight is 440 g/mol. The Bertz CT molecular complexity index is 248. The van der Waals surface area contributed by atoms with Gasteiger partial charge in [0.1, 0.15) is 0 Å². The van der Waals surface area contributed by atoms with E-state index < -0.39 is 0 Å². The molecule has 0 atom stereocenters. The van der Waals surface area contributed by atoms with Crippen LogP contribution in [0.15, 0.2) is 0 Å². The van der Waals surface area contributed by atoms with Gasteiger partial charge in [-0.1, -0.05) is 194 Å². The number of hydrogen-bond donors (Lipinski definition) is 1. The van der Waals surface area contributed by atoms with Gasteiger partial charge in [0.25, 0.3) is 0 Å². The zero-order valence-electron chi connectivity index (χ0n) is 22.5. The monoisotopic (exact) mass is 440 g/mol. The van der Waals surface area contributed by atoms with Crippen LogP contribution in [0.4, 0.5) is 0 Å². The van der Waals surface area contributed by atoms with Crippen LogP contribution in [-0.4, -0.2) is 0 Å². The highest BCUT2D eigenvalue weighted by Gasteiger charge is 1.96. The highest BCUT2D eigenvalue weighted by Crippen LogP contribution is 2.16. The first-order chi connectivity index (χ1) is 14.9. The van der Waals surface area contributed by atoms with Crippen molar-refractivity contribution in [2.24, 2.45) is 0 Å². The lowest BCUT2D eigenvalue weighted by molar-refractivity contribution is 0.514. The lowest BCUT2D eigenvalue weighted by Gasteiger charge is -2.04. The first-order valence-electron chi connectivity index (χ1n) is 14.9. The zero-order chi connectivity index (χ0) is 21.8. The number of hydrogen-bond acceptors (Lipinski definition) is 1. The summed E-state index contributed by atoms with van der Waals surface area (Å²) in [5, 5.41) is 0. The van der Waals surface area contributed by atoms with Gasteiger partial charge < -0.3 is 6.15 Å². The fourth-order valence-corrected chi connectivity index (χ4v) is 4.74. The Kier molecular flexibility index (Phi) is 34.4. The predicted octanol–water partition coefficient (Wildman–Crippen LogP) is 12.1. The van der Waals surface area contributed by atoms with Crippen molar-refractivity contribution < 1.29 is 0 Å². The van der Waals surface area contributed by atoms with Crippen molar-refractivity contribution in [1.82, 2.24) is 6.15 Å². The molecule has 0 radical (unpaired) electrons. The molecule has 0 aliphatic rings. The van der Waals surface area contributed by atoms with Crippen molar-refractivity contribution >= 4 is 0 Å². The minimum absolute atomic E-state index is 0. The molecule has 0 aromatic carbocycles. The maximum atomic E-state index is 2.31. The second-order valence-electron chi connectivity index (χ2n) is 10.2. The Hall–Kier alpha value is -0.0400. The maximum absolute atomic E-state index is 2.31. The first-order valence-corrected chi connectivity index (χ1v) is 14.9. The van der Waals surface area contributed by atoms with E-state index in [-0.39, 0.29) is 6.15 Å². The van der Waals surface area contributed by atoms with Gasteiger partial charge in [0.2, 0.25) is 0 Å². The summed E-state index contributed by atoms with van der Waals surface area (Å²) in [5.41, 5.74) is 0. The molecule has 0 saturated heterocycles. The van der Waals surface area contributed by atoms with Gasteiger partial charge in [-0.05, 0) is 0 Å². The molecule has 0 saturated carbocycles. The standard InChI is InChI=1S/C30H62.H3N/c1-3-5-7-9-11-13-15-17-19-21-23-25-27-29-30-28-26-24-22-20-18-16-14-12-10-8-6-4-2;/h3-30H2,1-2H3;1H3. The molecule has 0 aromatic rings. The Morgan fingerprint density at radius 3 is 0.387 bits per heavy atom. The van der Waals surface area contributed by atoms with Crippen LogP contribution < -0.4 is 6.15 Å². The topological polar surface area (TPSA) is 35.0 Å². The maximum Gasteiger partial charge on any atom is -0.0533 e. The van der Waals surface area contributed by atoms with Crippen molar-refractivity contribution in [3.63, 3.8) is 0 Å². The normalized spacial score (nSPS) is 11.0. The molecule has 0 aromatic heterocycles. The van der Waals surface area contributed by atoms with Crippen LogP contribution >= 0.6 is 0 Å². The molecule has 0 spiro atoms. The molecule has 0 heterocycles. The molecule has 1 nitrogen and oxygen atoms in total. The van der Waals surface area contributed by atoms with Crippen molar-refractivity contribution in [2.75, 3.05) is 0 Å². The summed E-state index contributed by atoms with van der Waals surface area (Å²) in [6.07, 6.45) is 41.4. The third-order valence-corrected chi connectivity index (χ3v) is 6.96. The van der Waals surface area contributed by atoms with Gasteiger partial charge in [-0.2, -0.15) is 0 Å². The van der Waals surface area contributed by atoms with Crippen LogP contribution in [-0.2, 0) is 0 Å². The lowest BCUT2D eigenvalue weighted by atomic mass is 10.0. The minimum atomic E-state index is 0. The fraction of sp³-hybridized carbons (Fsp3) is 1.00. The molecule has 0 unspecified atom stereocenters. The average Bonchev–Trinajstić information content (AvgIpc) is 2.76. The molecule has 0 rings (SSSR count). The van der Waals surface area contributed by atoms with Crippen molar-refractivity contribution in [1.29, 1.82) is 0 Å². The quantitative estimate of drug-likeness (QED) is 0.127. The van der Waals surface area contributed by atoms with E-state index in [4.69, 9.17) is 0 Å². The van der Waals surface area contributed by atoms with Gasteiger partial charge >= 0.3 is 0 Å². The molecule has 0 bridgehead atoms. The zero-order valence-corrected chi connectivity index (χ0v) is 22.5. The number of rotatable bonds is 27.